The molecule has 2 aromatic carbocycles. The van der Waals surface area contributed by atoms with Crippen molar-refractivity contribution in [1.29, 1.82) is 0 Å². The fourth-order valence-corrected chi connectivity index (χ4v) is 6.74. The Balaban J connectivity index is 1.32. The Hall–Kier alpha value is -3.33. The number of methoxy groups -OCH3 is 2. The average Bonchev–Trinajstić information content (AvgIpc) is 3.61. The monoisotopic (exact) mass is 588 g/mol. The van der Waals surface area contributed by atoms with Gasteiger partial charge >= 0.3 is 5.97 Å². The third kappa shape index (κ3) is 4.26. The van der Waals surface area contributed by atoms with E-state index in [1.807, 2.05) is 0 Å². The van der Waals surface area contributed by atoms with Gasteiger partial charge < -0.3 is 58.0 Å². The maximum Gasteiger partial charge on any atom is 0.310 e. The molecule has 4 heterocycles. The summed E-state index contributed by atoms with van der Waals surface area (Å²) in [5.74, 6) is -1.02. The number of carbonyl (C=O) groups is 1. The van der Waals surface area contributed by atoms with Gasteiger partial charge in [-0.2, -0.15) is 0 Å². The number of esters is 1. The summed E-state index contributed by atoms with van der Waals surface area (Å²) in [5, 5.41) is 32.5. The van der Waals surface area contributed by atoms with Gasteiger partial charge in [-0.1, -0.05) is 0 Å². The minimum Gasteiger partial charge on any atom is -0.502 e. The molecule has 0 amide bonds. The first kappa shape index (κ1) is 27.5. The smallest absolute Gasteiger partial charge is 0.310 e. The summed E-state index contributed by atoms with van der Waals surface area (Å²) in [6.45, 7) is 1.93. The highest BCUT2D eigenvalue weighted by Gasteiger charge is 2.56. The molecule has 0 spiro atoms. The number of cyclic esters (lactones) is 1. The van der Waals surface area contributed by atoms with Crippen LogP contribution < -0.4 is 18.9 Å². The lowest BCUT2D eigenvalue weighted by atomic mass is 9.66. The summed E-state index contributed by atoms with van der Waals surface area (Å²) in [6.07, 6.45) is -6.80. The summed E-state index contributed by atoms with van der Waals surface area (Å²) in [6, 6.07) is 6.93. The van der Waals surface area contributed by atoms with Crippen LogP contribution in [0.4, 0.5) is 0 Å². The van der Waals surface area contributed by atoms with Crippen molar-refractivity contribution in [1.82, 2.24) is 0 Å². The highest BCUT2D eigenvalue weighted by atomic mass is 16.8. The van der Waals surface area contributed by atoms with Gasteiger partial charge in [-0.25, -0.2) is 0 Å². The molecule has 13 heteroatoms. The second kappa shape index (κ2) is 10.4. The van der Waals surface area contributed by atoms with Crippen molar-refractivity contribution in [3.8, 4) is 28.7 Å². The first-order valence-corrected chi connectivity index (χ1v) is 13.8. The summed E-state index contributed by atoms with van der Waals surface area (Å²) in [7, 11) is 2.86. The third-order valence-corrected chi connectivity index (χ3v) is 8.75. The molecule has 13 nitrogen and oxygen atoms in total. The zero-order valence-electron chi connectivity index (χ0n) is 23.1. The van der Waals surface area contributed by atoms with Crippen molar-refractivity contribution in [2.24, 2.45) is 11.8 Å². The van der Waals surface area contributed by atoms with Gasteiger partial charge in [0, 0.05) is 11.8 Å². The lowest BCUT2D eigenvalue weighted by Gasteiger charge is -2.47. The fraction of sp³-hybridized carbons (Fsp3) is 0.552. The lowest BCUT2D eigenvalue weighted by Crippen LogP contribution is -2.63. The van der Waals surface area contributed by atoms with E-state index in [0.717, 1.165) is 0 Å². The number of aromatic hydroxyl groups is 1. The topological polar surface area (TPSA) is 161 Å². The molecule has 0 aromatic heterocycles. The fourth-order valence-electron chi connectivity index (χ4n) is 6.74. The molecule has 2 aromatic rings. The van der Waals surface area contributed by atoms with E-state index in [2.05, 4.69) is 0 Å². The molecule has 7 rings (SSSR count). The minimum absolute atomic E-state index is 0.0301. The van der Waals surface area contributed by atoms with Crippen molar-refractivity contribution >= 4 is 5.97 Å². The Kier molecular flexibility index (Phi) is 6.83. The number of fused-ring (bicyclic) bond motifs is 4. The Morgan fingerprint density at radius 2 is 1.57 bits per heavy atom. The van der Waals surface area contributed by atoms with Gasteiger partial charge in [-0.3, -0.25) is 4.79 Å². The van der Waals surface area contributed by atoms with E-state index >= 15 is 0 Å². The standard InChI is InChI=1S/C29H32O13/c1-11-36-9-20-27(40-11)24(31)25(32)29(41-20)42-26-14-7-17-16(38-10-39-17)6-13(14)21(22-15(26)8-37-28(22)33)12-4-18(34-2)23(30)19(5-12)35-3/h4-7,11,15,20-22,24-27,29-32H,8-10H2,1-3H3/t11?,15-,20+,21?,22-,24?,25?,26?,27+,29-/m0/s1. The van der Waals surface area contributed by atoms with Gasteiger partial charge in [-0.05, 0) is 47.9 Å². The first-order chi connectivity index (χ1) is 20.3. The first-order valence-electron chi connectivity index (χ1n) is 13.8. The molecule has 3 saturated heterocycles. The second-order valence-corrected chi connectivity index (χ2v) is 11.0. The van der Waals surface area contributed by atoms with Gasteiger partial charge in [0.2, 0.25) is 12.5 Å². The molecule has 226 valence electrons. The third-order valence-electron chi connectivity index (χ3n) is 8.75. The van der Waals surface area contributed by atoms with Gasteiger partial charge in [0.25, 0.3) is 0 Å². The van der Waals surface area contributed by atoms with Crippen LogP contribution in [0.3, 0.4) is 0 Å². The molecule has 1 aliphatic carbocycles. The highest BCUT2D eigenvalue weighted by Crippen LogP contribution is 2.57. The number of ether oxygens (including phenoxy) is 9. The molecule has 42 heavy (non-hydrogen) atoms. The number of carbonyl (C=O) groups excluding carboxylic acids is 1. The zero-order valence-corrected chi connectivity index (χ0v) is 23.1. The molecule has 3 fully saturated rings. The lowest BCUT2D eigenvalue weighted by molar-refractivity contribution is -0.364. The molecule has 5 unspecified atom stereocenters. The van der Waals surface area contributed by atoms with Crippen molar-refractivity contribution in [3.63, 3.8) is 0 Å². The normalized spacial score (nSPS) is 36.5. The van der Waals surface area contributed by atoms with Crippen LogP contribution in [-0.2, 0) is 28.5 Å². The molecule has 0 radical (unpaired) electrons. The van der Waals surface area contributed by atoms with Crippen molar-refractivity contribution < 1.29 is 62.7 Å². The summed E-state index contributed by atoms with van der Waals surface area (Å²) in [4.78, 5) is 13.4. The summed E-state index contributed by atoms with van der Waals surface area (Å²) >= 11 is 0. The highest BCUT2D eigenvalue weighted by molar-refractivity contribution is 5.79. The van der Waals surface area contributed by atoms with Gasteiger partial charge in [0.1, 0.15) is 24.4 Å². The zero-order chi connectivity index (χ0) is 29.3. The van der Waals surface area contributed by atoms with E-state index in [4.69, 9.17) is 42.6 Å². The van der Waals surface area contributed by atoms with Crippen LogP contribution >= 0.6 is 0 Å². The Morgan fingerprint density at radius 1 is 0.881 bits per heavy atom. The van der Waals surface area contributed by atoms with E-state index < -0.39 is 66.8 Å². The van der Waals surface area contributed by atoms with Crippen molar-refractivity contribution in [2.45, 2.75) is 55.9 Å². The van der Waals surface area contributed by atoms with Gasteiger partial charge in [0.15, 0.2) is 35.6 Å². The number of rotatable bonds is 5. The maximum absolute atomic E-state index is 13.4. The number of benzene rings is 2. The summed E-state index contributed by atoms with van der Waals surface area (Å²) in [5.41, 5.74) is 2.01. The molecular formula is C29H32O13. The summed E-state index contributed by atoms with van der Waals surface area (Å²) < 4.78 is 51.5. The second-order valence-electron chi connectivity index (χ2n) is 11.0. The van der Waals surface area contributed by atoms with Crippen LogP contribution in [0.1, 0.15) is 35.6 Å². The Labute approximate surface area is 240 Å². The minimum atomic E-state index is -1.44. The predicted molar refractivity (Wildman–Crippen MR) is 138 cm³/mol. The predicted octanol–water partition coefficient (Wildman–Crippen LogP) is 1.34. The molecule has 3 N–H and O–H groups in total. The van der Waals surface area contributed by atoms with Crippen LogP contribution in [0.15, 0.2) is 24.3 Å². The van der Waals surface area contributed by atoms with Gasteiger partial charge in [0.05, 0.1) is 39.5 Å². The average molecular weight is 589 g/mol. The number of phenols is 1. The van der Waals surface area contributed by atoms with Crippen LogP contribution in [0, 0.1) is 11.8 Å². The number of hydrogen-bond donors (Lipinski definition) is 3. The van der Waals surface area contributed by atoms with Crippen molar-refractivity contribution in [3.05, 3.63) is 41.0 Å². The molecule has 10 atom stereocenters. The largest absolute Gasteiger partial charge is 0.502 e. The van der Waals surface area contributed by atoms with E-state index in [0.29, 0.717) is 28.2 Å². The van der Waals surface area contributed by atoms with E-state index in [-0.39, 0.29) is 37.3 Å². The Morgan fingerprint density at radius 3 is 2.26 bits per heavy atom. The molecular weight excluding hydrogens is 556 g/mol. The number of aliphatic hydroxyl groups excluding tert-OH is 2. The van der Waals surface area contributed by atoms with Crippen molar-refractivity contribution in [2.75, 3.05) is 34.2 Å². The molecule has 0 saturated carbocycles. The van der Waals surface area contributed by atoms with E-state index in [1.165, 1.54) is 14.2 Å². The van der Waals surface area contributed by atoms with E-state index in [9.17, 15) is 20.1 Å². The quantitative estimate of drug-likeness (QED) is 0.430. The SMILES string of the molecule is COc1cc(C2c3cc4c(cc3C(O[C@@H]3O[C@@H]5COC(C)O[C@H]5C(O)C3O)[C@H]3COC(=O)[C@H]23)OCO4)cc(OC)c1O. The maximum atomic E-state index is 13.4. The molecule has 4 aliphatic heterocycles. The molecule has 5 aliphatic rings. The number of aliphatic hydroxyl groups is 2. The number of phenolic OH excluding ortho intramolecular Hbond substituents is 1. The van der Waals surface area contributed by atoms with Crippen LogP contribution in [-0.4, -0.2) is 92.5 Å². The van der Waals surface area contributed by atoms with Gasteiger partial charge in [-0.15, -0.1) is 0 Å². The van der Waals surface area contributed by atoms with Crippen LogP contribution in [0.2, 0.25) is 0 Å². The Bertz CT molecular complexity index is 1350. The molecule has 0 bridgehead atoms. The van der Waals surface area contributed by atoms with Crippen LogP contribution in [0.25, 0.3) is 0 Å². The van der Waals surface area contributed by atoms with Crippen LogP contribution in [0.5, 0.6) is 28.7 Å². The van der Waals surface area contributed by atoms with E-state index in [1.54, 1.807) is 31.2 Å². The number of hydrogen-bond acceptors (Lipinski definition) is 13.